The zero-order chi connectivity index (χ0) is 24.7. The average Bonchev–Trinajstić information content (AvgIpc) is 2.80. The molecule has 13 nitrogen and oxygen atoms in total. The topological polar surface area (TPSA) is 209 Å². The first-order valence-corrected chi connectivity index (χ1v) is 10.5. The first-order valence-electron chi connectivity index (χ1n) is 10.5. The van der Waals surface area contributed by atoms with Crippen molar-refractivity contribution in [2.24, 2.45) is 0 Å². The van der Waals surface area contributed by atoms with Crippen molar-refractivity contribution < 1.29 is 59.1 Å². The Morgan fingerprint density at radius 2 is 1.68 bits per heavy atom. The summed E-state index contributed by atoms with van der Waals surface area (Å²) in [5, 5.41) is 70.8. The summed E-state index contributed by atoms with van der Waals surface area (Å²) in [7, 11) is 0. The Morgan fingerprint density at radius 1 is 0.941 bits per heavy atom. The highest BCUT2D eigenvalue weighted by molar-refractivity contribution is 5.84. The molecule has 0 amide bonds. The lowest BCUT2D eigenvalue weighted by atomic mass is 9.97. The van der Waals surface area contributed by atoms with Crippen LogP contribution in [0.15, 0.2) is 33.7 Å². The van der Waals surface area contributed by atoms with Crippen LogP contribution in [0.1, 0.15) is 6.92 Å². The van der Waals surface area contributed by atoms with Crippen molar-refractivity contribution in [2.75, 3.05) is 6.61 Å². The van der Waals surface area contributed by atoms with Gasteiger partial charge in [0.15, 0.2) is 17.8 Å². The van der Waals surface area contributed by atoms with Crippen LogP contribution in [0, 0.1) is 0 Å². The molecule has 10 atom stereocenters. The lowest BCUT2D eigenvalue weighted by molar-refractivity contribution is -0.354. The molecule has 0 radical (unpaired) electrons. The number of aliphatic hydroxyl groups excluding tert-OH is 6. The van der Waals surface area contributed by atoms with Gasteiger partial charge in [0, 0.05) is 18.2 Å². The molecular weight excluding hydrogens is 460 g/mol. The summed E-state index contributed by atoms with van der Waals surface area (Å²) in [5.74, 6) is -0.529. The maximum Gasteiger partial charge on any atom is 0.229 e. The number of hydrogen-bond acceptors (Lipinski definition) is 13. The largest absolute Gasteiger partial charge is 0.507 e. The zero-order valence-corrected chi connectivity index (χ0v) is 17.9. The van der Waals surface area contributed by atoms with Crippen LogP contribution < -0.4 is 10.2 Å². The Hall–Kier alpha value is -2.33. The molecule has 0 spiro atoms. The lowest BCUT2D eigenvalue weighted by Gasteiger charge is -2.45. The Bertz CT molecular complexity index is 1060. The Kier molecular flexibility index (Phi) is 7.09. The Balaban J connectivity index is 1.63. The Morgan fingerprint density at radius 3 is 2.38 bits per heavy atom. The van der Waals surface area contributed by atoms with E-state index >= 15 is 0 Å². The van der Waals surface area contributed by atoms with E-state index in [1.165, 1.54) is 13.0 Å². The van der Waals surface area contributed by atoms with E-state index in [0.29, 0.717) is 0 Å². The molecule has 2 aromatic rings. The van der Waals surface area contributed by atoms with Crippen LogP contribution >= 0.6 is 0 Å². The van der Waals surface area contributed by atoms with Crippen LogP contribution in [-0.4, -0.2) is 104 Å². The maximum atomic E-state index is 12.0. The van der Waals surface area contributed by atoms with Crippen molar-refractivity contribution in [1.82, 2.24) is 0 Å². The molecule has 188 valence electrons. The van der Waals surface area contributed by atoms with Gasteiger partial charge in [-0.1, -0.05) is 0 Å². The lowest BCUT2D eigenvalue weighted by Crippen LogP contribution is -2.64. The van der Waals surface area contributed by atoms with Gasteiger partial charge in [-0.15, -0.1) is 0 Å². The van der Waals surface area contributed by atoms with Crippen LogP contribution in [-0.2, 0) is 14.2 Å². The monoisotopic (exact) mass is 486 g/mol. The number of fused-ring (bicyclic) bond motifs is 1. The highest BCUT2D eigenvalue weighted by Crippen LogP contribution is 2.33. The predicted octanol–water partition coefficient (Wildman–Crippen LogP) is -2.47. The predicted molar refractivity (Wildman–Crippen MR) is 110 cm³/mol. The van der Waals surface area contributed by atoms with Crippen molar-refractivity contribution in [3.8, 4) is 11.5 Å². The molecule has 1 aromatic heterocycles. The van der Waals surface area contributed by atoms with E-state index in [1.807, 2.05) is 0 Å². The second-order valence-corrected chi connectivity index (χ2v) is 8.21. The fraction of sp³-hybridized carbons (Fsp3) is 0.571. The third-order valence-electron chi connectivity index (χ3n) is 5.89. The molecule has 2 aliphatic rings. The number of aromatic hydroxyl groups is 1. The smallest absolute Gasteiger partial charge is 0.229 e. The number of ether oxygens (including phenoxy) is 4. The molecule has 0 bridgehead atoms. The summed E-state index contributed by atoms with van der Waals surface area (Å²) < 4.78 is 27.5. The molecule has 3 heterocycles. The van der Waals surface area contributed by atoms with Crippen molar-refractivity contribution in [3.05, 3.63) is 34.7 Å². The second kappa shape index (κ2) is 9.73. The van der Waals surface area contributed by atoms with Gasteiger partial charge < -0.3 is 59.1 Å². The molecule has 2 fully saturated rings. The van der Waals surface area contributed by atoms with Crippen LogP contribution in [0.5, 0.6) is 11.5 Å². The molecule has 0 aliphatic carbocycles. The van der Waals surface area contributed by atoms with Gasteiger partial charge in [-0.25, -0.2) is 0 Å². The molecule has 10 unspecified atom stereocenters. The SMILES string of the molecule is CC1OC(OC2C(Oc3cc(O)c4c(=O)ccoc4c3)OC(CO)C(O)C2O)C(O)C(O)C1O. The van der Waals surface area contributed by atoms with E-state index < -0.39 is 79.2 Å². The van der Waals surface area contributed by atoms with Gasteiger partial charge in [-0.3, -0.25) is 4.79 Å². The molecule has 0 saturated carbocycles. The van der Waals surface area contributed by atoms with E-state index in [4.69, 9.17) is 23.4 Å². The number of rotatable bonds is 5. The van der Waals surface area contributed by atoms with Gasteiger partial charge in [0.2, 0.25) is 6.29 Å². The van der Waals surface area contributed by atoms with E-state index in [1.54, 1.807) is 0 Å². The standard InChI is InChI=1S/C21H26O13/c1-7-14(25)16(27)18(29)20(31-7)34-19-17(28)15(26)12(6-22)33-21(19)32-8-4-10(24)13-9(23)2-3-30-11(13)5-8/h2-5,7,12,14-22,24-29H,6H2,1H3. The molecule has 34 heavy (non-hydrogen) atoms. The van der Waals surface area contributed by atoms with Gasteiger partial charge in [0.1, 0.15) is 59.1 Å². The van der Waals surface area contributed by atoms with Gasteiger partial charge in [-0.2, -0.15) is 0 Å². The zero-order valence-electron chi connectivity index (χ0n) is 17.9. The highest BCUT2D eigenvalue weighted by Gasteiger charge is 2.50. The van der Waals surface area contributed by atoms with Gasteiger partial charge >= 0.3 is 0 Å². The summed E-state index contributed by atoms with van der Waals surface area (Å²) in [6.07, 6.45) is -13.8. The minimum Gasteiger partial charge on any atom is -0.507 e. The molecule has 4 rings (SSSR count). The van der Waals surface area contributed by atoms with Crippen molar-refractivity contribution in [2.45, 2.75) is 68.3 Å². The van der Waals surface area contributed by atoms with Gasteiger partial charge in [0.25, 0.3) is 0 Å². The number of benzene rings is 1. The van der Waals surface area contributed by atoms with E-state index in [2.05, 4.69) is 0 Å². The summed E-state index contributed by atoms with van der Waals surface area (Å²) in [6.45, 7) is 0.743. The van der Waals surface area contributed by atoms with Gasteiger partial charge in [0.05, 0.1) is 19.0 Å². The molecule has 1 aromatic carbocycles. The highest BCUT2D eigenvalue weighted by atomic mass is 16.8. The molecule has 13 heteroatoms. The first-order chi connectivity index (χ1) is 16.1. The average molecular weight is 486 g/mol. The maximum absolute atomic E-state index is 12.0. The van der Waals surface area contributed by atoms with Crippen molar-refractivity contribution in [1.29, 1.82) is 0 Å². The third-order valence-corrected chi connectivity index (χ3v) is 5.89. The quantitative estimate of drug-likeness (QED) is 0.234. The Labute approximate surface area is 191 Å². The first kappa shape index (κ1) is 24.8. The van der Waals surface area contributed by atoms with Crippen LogP contribution in [0.25, 0.3) is 11.0 Å². The molecule has 7 N–H and O–H groups in total. The van der Waals surface area contributed by atoms with E-state index in [0.717, 1.165) is 18.4 Å². The number of hydrogen-bond donors (Lipinski definition) is 7. The summed E-state index contributed by atoms with van der Waals surface area (Å²) in [6, 6.07) is 3.50. The molecular formula is C21H26O13. The second-order valence-electron chi connectivity index (χ2n) is 8.21. The van der Waals surface area contributed by atoms with E-state index in [-0.39, 0.29) is 16.7 Å². The van der Waals surface area contributed by atoms with Crippen molar-refractivity contribution in [3.63, 3.8) is 0 Å². The minimum atomic E-state index is -1.72. The molecule has 2 aliphatic heterocycles. The molecule has 2 saturated heterocycles. The third kappa shape index (κ3) is 4.49. The fourth-order valence-electron chi connectivity index (χ4n) is 3.95. The number of aliphatic hydroxyl groups is 6. The van der Waals surface area contributed by atoms with Gasteiger partial charge in [-0.05, 0) is 6.92 Å². The van der Waals surface area contributed by atoms with Crippen LogP contribution in [0.2, 0.25) is 0 Å². The fourth-order valence-corrected chi connectivity index (χ4v) is 3.95. The van der Waals surface area contributed by atoms with Crippen LogP contribution in [0.3, 0.4) is 0 Å². The summed E-state index contributed by atoms with van der Waals surface area (Å²) in [4.78, 5) is 12.0. The number of phenols is 1. The normalized spacial score (nSPS) is 38.7. The summed E-state index contributed by atoms with van der Waals surface area (Å²) >= 11 is 0. The van der Waals surface area contributed by atoms with Crippen LogP contribution in [0.4, 0.5) is 0 Å². The number of phenolic OH excluding ortho intramolecular Hbond substituents is 1. The van der Waals surface area contributed by atoms with Crippen molar-refractivity contribution >= 4 is 11.0 Å². The van der Waals surface area contributed by atoms with E-state index in [9.17, 15) is 40.5 Å². The summed E-state index contributed by atoms with van der Waals surface area (Å²) in [5.41, 5.74) is -0.496. The minimum absolute atomic E-state index is 0.00737.